The highest BCUT2D eigenvalue weighted by atomic mass is 16.2. The van der Waals surface area contributed by atoms with E-state index in [1.54, 1.807) is 11.1 Å². The van der Waals surface area contributed by atoms with E-state index in [9.17, 15) is 4.79 Å². The molecule has 2 atom stereocenters. The Bertz CT molecular complexity index is 393. The molecule has 2 unspecified atom stereocenters. The van der Waals surface area contributed by atoms with E-state index in [0.717, 1.165) is 31.4 Å². The van der Waals surface area contributed by atoms with Gasteiger partial charge in [-0.2, -0.15) is 0 Å². The molecular formula is C14H21N3O. The Morgan fingerprint density at radius 3 is 3.00 bits per heavy atom. The number of pyridine rings is 1. The van der Waals surface area contributed by atoms with Crippen molar-refractivity contribution < 1.29 is 4.79 Å². The molecule has 1 aromatic heterocycles. The summed E-state index contributed by atoms with van der Waals surface area (Å²) in [6, 6.07) is 5.95. The number of amides is 1. The molecule has 18 heavy (non-hydrogen) atoms. The lowest BCUT2D eigenvalue weighted by Gasteiger charge is -2.29. The van der Waals surface area contributed by atoms with Crippen molar-refractivity contribution in [3.8, 4) is 0 Å². The summed E-state index contributed by atoms with van der Waals surface area (Å²) in [6.07, 6.45) is 5.66. The average Bonchev–Trinajstić information content (AvgIpc) is 2.39. The van der Waals surface area contributed by atoms with Crippen LogP contribution in [0.2, 0.25) is 0 Å². The highest BCUT2D eigenvalue weighted by Gasteiger charge is 2.27. The zero-order valence-corrected chi connectivity index (χ0v) is 10.9. The summed E-state index contributed by atoms with van der Waals surface area (Å²) in [4.78, 5) is 18.3. The third-order valence-corrected chi connectivity index (χ3v) is 3.57. The van der Waals surface area contributed by atoms with Gasteiger partial charge in [-0.1, -0.05) is 12.5 Å². The van der Waals surface area contributed by atoms with Gasteiger partial charge in [0.15, 0.2) is 0 Å². The SMILES string of the molecule is CN(Cc1ccccn1)C(=O)C1CCCC(N)C1. The highest BCUT2D eigenvalue weighted by molar-refractivity contribution is 5.78. The summed E-state index contributed by atoms with van der Waals surface area (Å²) < 4.78 is 0. The Morgan fingerprint density at radius 2 is 2.33 bits per heavy atom. The fourth-order valence-corrected chi connectivity index (χ4v) is 2.58. The van der Waals surface area contributed by atoms with Crippen LogP contribution in [0.5, 0.6) is 0 Å². The summed E-state index contributed by atoms with van der Waals surface area (Å²) in [5.41, 5.74) is 6.86. The van der Waals surface area contributed by atoms with Gasteiger partial charge in [0.05, 0.1) is 12.2 Å². The molecular weight excluding hydrogens is 226 g/mol. The predicted molar refractivity (Wildman–Crippen MR) is 70.6 cm³/mol. The molecule has 1 aromatic rings. The van der Waals surface area contributed by atoms with Gasteiger partial charge in [-0.3, -0.25) is 9.78 Å². The number of aromatic nitrogens is 1. The molecule has 4 heteroatoms. The third kappa shape index (κ3) is 3.29. The lowest BCUT2D eigenvalue weighted by Crippen LogP contribution is -2.38. The summed E-state index contributed by atoms with van der Waals surface area (Å²) in [7, 11) is 1.84. The molecule has 1 saturated carbocycles. The van der Waals surface area contributed by atoms with Crippen LogP contribution in [-0.2, 0) is 11.3 Å². The molecule has 0 saturated heterocycles. The summed E-state index contributed by atoms with van der Waals surface area (Å²) >= 11 is 0. The largest absolute Gasteiger partial charge is 0.340 e. The first-order valence-corrected chi connectivity index (χ1v) is 6.57. The van der Waals surface area contributed by atoms with Crippen LogP contribution >= 0.6 is 0 Å². The first-order chi connectivity index (χ1) is 8.66. The normalized spacial score (nSPS) is 23.7. The molecule has 1 amide bonds. The van der Waals surface area contributed by atoms with E-state index in [1.807, 2.05) is 25.2 Å². The number of nitrogens with two attached hydrogens (primary N) is 1. The minimum Gasteiger partial charge on any atom is -0.340 e. The second-order valence-corrected chi connectivity index (χ2v) is 5.14. The monoisotopic (exact) mass is 247 g/mol. The zero-order chi connectivity index (χ0) is 13.0. The van der Waals surface area contributed by atoms with Crippen molar-refractivity contribution in [3.05, 3.63) is 30.1 Å². The quantitative estimate of drug-likeness (QED) is 0.881. The molecule has 0 radical (unpaired) electrons. The van der Waals surface area contributed by atoms with Gasteiger partial charge >= 0.3 is 0 Å². The molecule has 1 fully saturated rings. The van der Waals surface area contributed by atoms with Crippen molar-refractivity contribution in [2.75, 3.05) is 7.05 Å². The van der Waals surface area contributed by atoms with Gasteiger partial charge in [-0.15, -0.1) is 0 Å². The van der Waals surface area contributed by atoms with Gasteiger partial charge in [0, 0.05) is 25.2 Å². The molecule has 2 N–H and O–H groups in total. The van der Waals surface area contributed by atoms with E-state index >= 15 is 0 Å². The maximum Gasteiger partial charge on any atom is 0.225 e. The molecule has 4 nitrogen and oxygen atoms in total. The fraction of sp³-hybridized carbons (Fsp3) is 0.571. The molecule has 1 aliphatic carbocycles. The maximum absolute atomic E-state index is 12.3. The number of carbonyl (C=O) groups is 1. The molecule has 0 aliphatic heterocycles. The Kier molecular flexibility index (Phi) is 4.31. The van der Waals surface area contributed by atoms with E-state index in [-0.39, 0.29) is 17.9 Å². The standard InChI is InChI=1S/C14H21N3O/c1-17(10-13-7-2-3-8-16-13)14(18)11-5-4-6-12(15)9-11/h2-3,7-8,11-12H,4-6,9-10,15H2,1H3. The topological polar surface area (TPSA) is 59.2 Å². The van der Waals surface area contributed by atoms with E-state index < -0.39 is 0 Å². The maximum atomic E-state index is 12.3. The van der Waals surface area contributed by atoms with Crippen LogP contribution in [0, 0.1) is 5.92 Å². The second kappa shape index (κ2) is 5.96. The number of nitrogens with zero attached hydrogens (tertiary/aromatic N) is 2. The van der Waals surface area contributed by atoms with Crippen molar-refractivity contribution in [2.45, 2.75) is 38.3 Å². The van der Waals surface area contributed by atoms with Gasteiger partial charge in [0.1, 0.15) is 0 Å². The molecule has 1 heterocycles. The van der Waals surface area contributed by atoms with Gasteiger partial charge in [-0.25, -0.2) is 0 Å². The summed E-state index contributed by atoms with van der Waals surface area (Å²) in [5, 5.41) is 0. The smallest absolute Gasteiger partial charge is 0.225 e. The molecule has 0 bridgehead atoms. The van der Waals surface area contributed by atoms with Crippen molar-refractivity contribution >= 4 is 5.91 Å². The highest BCUT2D eigenvalue weighted by Crippen LogP contribution is 2.24. The molecule has 98 valence electrons. The van der Waals surface area contributed by atoms with Crippen LogP contribution in [0.15, 0.2) is 24.4 Å². The molecule has 1 aliphatic rings. The van der Waals surface area contributed by atoms with Crippen molar-refractivity contribution in [1.82, 2.24) is 9.88 Å². The van der Waals surface area contributed by atoms with E-state index in [0.29, 0.717) is 6.54 Å². The van der Waals surface area contributed by atoms with E-state index in [2.05, 4.69) is 4.98 Å². The van der Waals surface area contributed by atoms with Gasteiger partial charge < -0.3 is 10.6 Å². The number of rotatable bonds is 3. The third-order valence-electron chi connectivity index (χ3n) is 3.57. The fourth-order valence-electron chi connectivity index (χ4n) is 2.58. The molecule has 2 rings (SSSR count). The lowest BCUT2D eigenvalue weighted by molar-refractivity contribution is -0.136. The Hall–Kier alpha value is -1.42. The van der Waals surface area contributed by atoms with Crippen LogP contribution in [0.3, 0.4) is 0 Å². The predicted octanol–water partition coefficient (Wildman–Crippen LogP) is 1.56. The Labute approximate surface area is 108 Å². The van der Waals surface area contributed by atoms with Crippen LogP contribution < -0.4 is 5.73 Å². The van der Waals surface area contributed by atoms with Crippen LogP contribution in [0.25, 0.3) is 0 Å². The summed E-state index contributed by atoms with van der Waals surface area (Å²) in [6.45, 7) is 0.575. The van der Waals surface area contributed by atoms with Crippen LogP contribution in [-0.4, -0.2) is 28.9 Å². The number of hydrogen-bond donors (Lipinski definition) is 1. The first kappa shape index (κ1) is 13.0. The van der Waals surface area contributed by atoms with Crippen molar-refractivity contribution in [1.29, 1.82) is 0 Å². The average molecular weight is 247 g/mol. The Morgan fingerprint density at radius 1 is 1.50 bits per heavy atom. The van der Waals surface area contributed by atoms with Crippen molar-refractivity contribution in [2.24, 2.45) is 11.7 Å². The van der Waals surface area contributed by atoms with Gasteiger partial charge in [0.2, 0.25) is 5.91 Å². The van der Waals surface area contributed by atoms with Gasteiger partial charge in [-0.05, 0) is 31.4 Å². The van der Waals surface area contributed by atoms with Gasteiger partial charge in [0.25, 0.3) is 0 Å². The van der Waals surface area contributed by atoms with Crippen molar-refractivity contribution in [3.63, 3.8) is 0 Å². The molecule has 0 spiro atoms. The zero-order valence-electron chi connectivity index (χ0n) is 10.9. The lowest BCUT2D eigenvalue weighted by atomic mass is 9.85. The molecule has 0 aromatic carbocycles. The van der Waals surface area contributed by atoms with E-state index in [1.165, 1.54) is 0 Å². The van der Waals surface area contributed by atoms with Crippen LogP contribution in [0.1, 0.15) is 31.4 Å². The van der Waals surface area contributed by atoms with E-state index in [4.69, 9.17) is 5.73 Å². The summed E-state index contributed by atoms with van der Waals surface area (Å²) in [5.74, 6) is 0.304. The number of hydrogen-bond acceptors (Lipinski definition) is 3. The second-order valence-electron chi connectivity index (χ2n) is 5.14. The van der Waals surface area contributed by atoms with Crippen LogP contribution in [0.4, 0.5) is 0 Å². The Balaban J connectivity index is 1.92. The minimum atomic E-state index is 0.0995. The first-order valence-electron chi connectivity index (χ1n) is 6.57. The minimum absolute atomic E-state index is 0.0995. The number of carbonyl (C=O) groups excluding carboxylic acids is 1.